The van der Waals surface area contributed by atoms with Gasteiger partial charge in [-0.3, -0.25) is 4.18 Å². The third-order valence-corrected chi connectivity index (χ3v) is 3.32. The Hall–Kier alpha value is -0.630. The van der Waals surface area contributed by atoms with Crippen molar-refractivity contribution in [1.82, 2.24) is 10.2 Å². The second-order valence-electron chi connectivity index (χ2n) is 2.84. The molecular formula is C8H10Cl2N2O4S. The molecule has 0 aliphatic rings. The minimum atomic E-state index is -3.46. The molecule has 1 aromatic rings. The summed E-state index contributed by atoms with van der Waals surface area (Å²) in [6.45, 7) is 1.40. The third kappa shape index (κ3) is 5.03. The Morgan fingerprint density at radius 3 is 2.65 bits per heavy atom. The molecule has 9 heteroatoms. The number of hydrogen-bond acceptors (Lipinski definition) is 6. The molecule has 1 heterocycles. The van der Waals surface area contributed by atoms with E-state index in [1.807, 2.05) is 0 Å². The van der Waals surface area contributed by atoms with Gasteiger partial charge < -0.3 is 4.74 Å². The van der Waals surface area contributed by atoms with Gasteiger partial charge in [0.2, 0.25) is 0 Å². The van der Waals surface area contributed by atoms with Crippen molar-refractivity contribution in [3.05, 3.63) is 16.4 Å². The van der Waals surface area contributed by atoms with Crippen LogP contribution in [0.4, 0.5) is 0 Å². The maximum Gasteiger partial charge on any atom is 0.267 e. The SMILES string of the molecule is CCS(=O)(=O)OCCOc1cc(Cl)nnc1Cl. The number of hydrogen-bond donors (Lipinski definition) is 0. The van der Waals surface area contributed by atoms with E-state index in [2.05, 4.69) is 14.4 Å². The number of ether oxygens (including phenoxy) is 1. The van der Waals surface area contributed by atoms with Gasteiger partial charge in [-0.2, -0.15) is 8.42 Å². The van der Waals surface area contributed by atoms with Crippen LogP contribution in [-0.2, 0) is 14.3 Å². The maximum atomic E-state index is 11.0. The van der Waals surface area contributed by atoms with Gasteiger partial charge in [-0.15, -0.1) is 10.2 Å². The molecule has 0 atom stereocenters. The van der Waals surface area contributed by atoms with E-state index in [-0.39, 0.29) is 35.0 Å². The van der Waals surface area contributed by atoms with Crippen LogP contribution in [0.1, 0.15) is 6.92 Å². The van der Waals surface area contributed by atoms with Gasteiger partial charge in [0, 0.05) is 6.07 Å². The normalized spacial score (nSPS) is 11.5. The molecule has 0 N–H and O–H groups in total. The first kappa shape index (κ1) is 14.4. The van der Waals surface area contributed by atoms with Gasteiger partial charge in [0.25, 0.3) is 10.1 Å². The van der Waals surface area contributed by atoms with Crippen molar-refractivity contribution >= 4 is 33.3 Å². The molecule has 0 unspecified atom stereocenters. The van der Waals surface area contributed by atoms with Crippen molar-refractivity contribution in [1.29, 1.82) is 0 Å². The van der Waals surface area contributed by atoms with Crippen LogP contribution in [0, 0.1) is 0 Å². The van der Waals surface area contributed by atoms with Crippen molar-refractivity contribution in [3.8, 4) is 5.75 Å². The molecule has 1 aromatic heterocycles. The van der Waals surface area contributed by atoms with Crippen molar-refractivity contribution in [3.63, 3.8) is 0 Å². The molecule has 0 aromatic carbocycles. The lowest BCUT2D eigenvalue weighted by Crippen LogP contribution is -2.14. The van der Waals surface area contributed by atoms with Crippen LogP contribution in [0.25, 0.3) is 0 Å². The summed E-state index contributed by atoms with van der Waals surface area (Å²) >= 11 is 11.3. The summed E-state index contributed by atoms with van der Waals surface area (Å²) in [5, 5.41) is 7.20. The van der Waals surface area contributed by atoms with Gasteiger partial charge in [0.15, 0.2) is 16.1 Å². The third-order valence-electron chi connectivity index (χ3n) is 1.64. The Bertz CT molecular complexity index is 480. The molecule has 1 rings (SSSR count). The highest BCUT2D eigenvalue weighted by Gasteiger charge is 2.08. The number of halogens is 2. The largest absolute Gasteiger partial charge is 0.488 e. The van der Waals surface area contributed by atoms with Gasteiger partial charge in [-0.05, 0) is 6.92 Å². The fourth-order valence-corrected chi connectivity index (χ4v) is 1.61. The molecule has 0 radical (unpaired) electrons. The van der Waals surface area contributed by atoms with Crippen LogP contribution >= 0.6 is 23.2 Å². The summed E-state index contributed by atoms with van der Waals surface area (Å²) in [5.41, 5.74) is 0. The smallest absolute Gasteiger partial charge is 0.267 e. The molecule has 17 heavy (non-hydrogen) atoms. The lowest BCUT2D eigenvalue weighted by atomic mass is 10.5. The molecule has 0 fully saturated rings. The molecule has 0 aliphatic heterocycles. The van der Waals surface area contributed by atoms with Gasteiger partial charge in [0.1, 0.15) is 13.2 Å². The van der Waals surface area contributed by atoms with Gasteiger partial charge in [0.05, 0.1) is 5.75 Å². The molecule has 0 bridgehead atoms. The first-order valence-corrected chi connectivity index (χ1v) is 6.96. The zero-order chi connectivity index (χ0) is 12.9. The highest BCUT2D eigenvalue weighted by molar-refractivity contribution is 7.86. The van der Waals surface area contributed by atoms with E-state index in [1.165, 1.54) is 13.0 Å². The first-order chi connectivity index (χ1) is 7.94. The van der Waals surface area contributed by atoms with E-state index >= 15 is 0 Å². The standard InChI is InChI=1S/C8H10Cl2N2O4S/c1-2-17(13,14)16-4-3-15-6-5-7(9)11-12-8(6)10/h5H,2-4H2,1H3. The van der Waals surface area contributed by atoms with E-state index in [0.29, 0.717) is 0 Å². The number of aromatic nitrogens is 2. The quantitative estimate of drug-likeness (QED) is 0.585. The monoisotopic (exact) mass is 300 g/mol. The molecule has 96 valence electrons. The predicted molar refractivity (Wildman–Crippen MR) is 63.0 cm³/mol. The van der Waals surface area contributed by atoms with Crippen molar-refractivity contribution in [2.24, 2.45) is 0 Å². The van der Waals surface area contributed by atoms with Crippen LogP contribution in [0.5, 0.6) is 5.75 Å². The Kier molecular flexibility index (Phi) is 5.38. The lowest BCUT2D eigenvalue weighted by molar-refractivity contribution is 0.221. The Balaban J connectivity index is 2.44. The zero-order valence-electron chi connectivity index (χ0n) is 8.89. The van der Waals surface area contributed by atoms with E-state index in [9.17, 15) is 8.42 Å². The first-order valence-electron chi connectivity index (χ1n) is 4.63. The van der Waals surface area contributed by atoms with E-state index in [4.69, 9.17) is 27.9 Å². The highest BCUT2D eigenvalue weighted by Crippen LogP contribution is 2.23. The highest BCUT2D eigenvalue weighted by atomic mass is 35.5. The minimum absolute atomic E-state index is 0.0149. The van der Waals surface area contributed by atoms with Crippen LogP contribution in [-0.4, -0.2) is 37.6 Å². The number of rotatable bonds is 6. The Labute approximate surface area is 109 Å². The van der Waals surface area contributed by atoms with Crippen molar-refractivity contribution < 1.29 is 17.3 Å². The van der Waals surface area contributed by atoms with Gasteiger partial charge >= 0.3 is 0 Å². The van der Waals surface area contributed by atoms with Crippen molar-refractivity contribution in [2.75, 3.05) is 19.0 Å². The number of nitrogens with zero attached hydrogens (tertiary/aromatic N) is 2. The van der Waals surface area contributed by atoms with Crippen LogP contribution < -0.4 is 4.74 Å². The topological polar surface area (TPSA) is 78.4 Å². The van der Waals surface area contributed by atoms with Crippen LogP contribution in [0.3, 0.4) is 0 Å². The Morgan fingerprint density at radius 2 is 2.00 bits per heavy atom. The van der Waals surface area contributed by atoms with E-state index in [0.717, 1.165) is 0 Å². The van der Waals surface area contributed by atoms with Crippen LogP contribution in [0.2, 0.25) is 10.3 Å². The summed E-state index contributed by atoms with van der Waals surface area (Å²) in [5.74, 6) is 0.139. The average Bonchev–Trinajstić information content (AvgIpc) is 2.29. The fourth-order valence-electron chi connectivity index (χ4n) is 0.835. The Morgan fingerprint density at radius 1 is 1.29 bits per heavy atom. The second-order valence-corrected chi connectivity index (χ2v) is 5.51. The summed E-state index contributed by atoms with van der Waals surface area (Å²) in [7, 11) is -3.46. The molecule has 0 saturated heterocycles. The van der Waals surface area contributed by atoms with E-state index in [1.54, 1.807) is 0 Å². The molecule has 0 saturated carbocycles. The molecule has 6 nitrogen and oxygen atoms in total. The molecule has 0 spiro atoms. The lowest BCUT2D eigenvalue weighted by Gasteiger charge is -2.07. The minimum Gasteiger partial charge on any atom is -0.488 e. The maximum absolute atomic E-state index is 11.0. The summed E-state index contributed by atoms with van der Waals surface area (Å²) in [6.07, 6.45) is 0. The van der Waals surface area contributed by atoms with Gasteiger partial charge in [-0.25, -0.2) is 0 Å². The second kappa shape index (κ2) is 6.34. The average molecular weight is 301 g/mol. The summed E-state index contributed by atoms with van der Waals surface area (Å²) in [6, 6.07) is 1.38. The fraction of sp³-hybridized carbons (Fsp3) is 0.500. The molecular weight excluding hydrogens is 291 g/mol. The van der Waals surface area contributed by atoms with Crippen LogP contribution in [0.15, 0.2) is 6.07 Å². The molecule has 0 amide bonds. The van der Waals surface area contributed by atoms with Gasteiger partial charge in [-0.1, -0.05) is 23.2 Å². The molecule has 0 aliphatic carbocycles. The van der Waals surface area contributed by atoms with Crippen molar-refractivity contribution in [2.45, 2.75) is 6.92 Å². The summed E-state index contributed by atoms with van der Waals surface area (Å²) < 4.78 is 31.7. The predicted octanol–water partition coefficient (Wildman–Crippen LogP) is 1.53. The zero-order valence-corrected chi connectivity index (χ0v) is 11.2. The summed E-state index contributed by atoms with van der Waals surface area (Å²) in [4.78, 5) is 0. The van der Waals surface area contributed by atoms with E-state index < -0.39 is 10.1 Å².